The fraction of sp³-hybridized carbons (Fsp3) is 0.100. The standard InChI is InChI=1S/C20H15ClN4O3S/c1-12-3-2-4-15(7-12)24-18(26)10-28-16-6-5-14(21)8-13(16)9-17-19(27)25-20(29-17)22-11-23-25/h2-9,11H,10H2,1H3,(H,24,26)/b17-9-. The van der Waals surface area contributed by atoms with Crippen molar-refractivity contribution in [3.05, 3.63) is 79.8 Å². The van der Waals surface area contributed by atoms with Gasteiger partial charge in [0.05, 0.1) is 4.53 Å². The monoisotopic (exact) mass is 426 g/mol. The maximum absolute atomic E-state index is 12.4. The largest absolute Gasteiger partial charge is 0.483 e. The zero-order valence-electron chi connectivity index (χ0n) is 15.3. The molecule has 2 aromatic heterocycles. The molecule has 2 aromatic carbocycles. The van der Waals surface area contributed by atoms with E-state index in [0.29, 0.717) is 31.5 Å². The van der Waals surface area contributed by atoms with Gasteiger partial charge in [-0.05, 0) is 48.9 Å². The molecule has 0 bridgehead atoms. The summed E-state index contributed by atoms with van der Waals surface area (Å²) in [6.07, 6.45) is 2.99. The van der Waals surface area contributed by atoms with Crippen molar-refractivity contribution in [2.24, 2.45) is 0 Å². The van der Waals surface area contributed by atoms with Crippen LogP contribution in [-0.4, -0.2) is 27.1 Å². The smallest absolute Gasteiger partial charge is 0.291 e. The van der Waals surface area contributed by atoms with E-state index >= 15 is 0 Å². The van der Waals surface area contributed by atoms with Gasteiger partial charge >= 0.3 is 0 Å². The highest BCUT2D eigenvalue weighted by atomic mass is 35.5. The number of aromatic nitrogens is 3. The minimum Gasteiger partial charge on any atom is -0.483 e. The Bertz CT molecular complexity index is 1320. The van der Waals surface area contributed by atoms with E-state index in [9.17, 15) is 9.59 Å². The van der Waals surface area contributed by atoms with Gasteiger partial charge in [-0.3, -0.25) is 9.59 Å². The second kappa shape index (κ2) is 8.02. The molecule has 4 aromatic rings. The van der Waals surface area contributed by atoms with Crippen molar-refractivity contribution < 1.29 is 9.53 Å². The molecular weight excluding hydrogens is 412 g/mol. The first-order chi connectivity index (χ1) is 14.0. The molecule has 9 heteroatoms. The number of carbonyl (C=O) groups excluding carboxylic acids is 1. The average Bonchev–Trinajstić information content (AvgIpc) is 3.25. The highest BCUT2D eigenvalue weighted by molar-refractivity contribution is 7.15. The predicted octanol–water partition coefficient (Wildman–Crippen LogP) is 2.68. The fourth-order valence-electron chi connectivity index (χ4n) is 2.75. The van der Waals surface area contributed by atoms with Gasteiger partial charge in [0, 0.05) is 16.3 Å². The Labute approximate surface area is 174 Å². The number of ether oxygens (including phenoxy) is 1. The number of nitrogens with zero attached hydrogens (tertiary/aromatic N) is 3. The SMILES string of the molecule is Cc1cccc(NC(=O)COc2ccc(Cl)cc2/C=c2\sc3ncnn3c2=O)c1. The Morgan fingerprint density at radius 3 is 2.97 bits per heavy atom. The van der Waals surface area contributed by atoms with Gasteiger partial charge in [0.1, 0.15) is 12.1 Å². The molecule has 0 unspecified atom stereocenters. The summed E-state index contributed by atoms with van der Waals surface area (Å²) in [7, 11) is 0. The zero-order valence-corrected chi connectivity index (χ0v) is 16.8. The third kappa shape index (κ3) is 4.28. The van der Waals surface area contributed by atoms with Crippen LogP contribution in [0.4, 0.5) is 5.69 Å². The Hall–Kier alpha value is -3.23. The van der Waals surface area contributed by atoms with Gasteiger partial charge < -0.3 is 10.1 Å². The van der Waals surface area contributed by atoms with Crippen molar-refractivity contribution in [2.75, 3.05) is 11.9 Å². The van der Waals surface area contributed by atoms with Gasteiger partial charge in [-0.25, -0.2) is 4.98 Å². The number of thiazole rings is 1. The second-order valence-corrected chi connectivity index (χ2v) is 7.70. The summed E-state index contributed by atoms with van der Waals surface area (Å²) in [6.45, 7) is 1.76. The minimum atomic E-state index is -0.292. The highest BCUT2D eigenvalue weighted by Gasteiger charge is 2.10. The van der Waals surface area contributed by atoms with Gasteiger partial charge in [0.25, 0.3) is 11.5 Å². The Morgan fingerprint density at radius 2 is 2.17 bits per heavy atom. The first kappa shape index (κ1) is 19.1. The molecule has 0 aliphatic carbocycles. The van der Waals surface area contributed by atoms with Crippen LogP contribution < -0.4 is 20.1 Å². The van der Waals surface area contributed by atoms with Crippen molar-refractivity contribution >= 4 is 45.6 Å². The van der Waals surface area contributed by atoms with E-state index in [1.807, 2.05) is 31.2 Å². The number of rotatable bonds is 5. The molecule has 0 aliphatic rings. The van der Waals surface area contributed by atoms with Crippen molar-refractivity contribution in [1.29, 1.82) is 0 Å². The minimum absolute atomic E-state index is 0.185. The summed E-state index contributed by atoms with van der Waals surface area (Å²) in [6, 6.07) is 12.5. The molecule has 1 N–H and O–H groups in total. The van der Waals surface area contributed by atoms with Gasteiger partial charge in [0.2, 0.25) is 4.96 Å². The number of benzene rings is 2. The number of nitrogens with one attached hydrogen (secondary N) is 1. The molecule has 2 heterocycles. The van der Waals surface area contributed by atoms with E-state index in [1.54, 1.807) is 24.3 Å². The Morgan fingerprint density at radius 1 is 1.31 bits per heavy atom. The first-order valence-corrected chi connectivity index (χ1v) is 9.82. The summed E-state index contributed by atoms with van der Waals surface area (Å²) < 4.78 is 7.36. The lowest BCUT2D eigenvalue weighted by Gasteiger charge is -2.10. The van der Waals surface area contributed by atoms with Crippen LogP contribution in [-0.2, 0) is 4.79 Å². The van der Waals surface area contributed by atoms with E-state index in [0.717, 1.165) is 5.56 Å². The van der Waals surface area contributed by atoms with E-state index in [2.05, 4.69) is 15.4 Å². The van der Waals surface area contributed by atoms with E-state index in [-0.39, 0.29) is 18.1 Å². The molecule has 0 radical (unpaired) electrons. The van der Waals surface area contributed by atoms with Crippen LogP contribution >= 0.6 is 22.9 Å². The number of hydrogen-bond acceptors (Lipinski definition) is 6. The van der Waals surface area contributed by atoms with Crippen LogP contribution in [0.15, 0.2) is 53.6 Å². The first-order valence-electron chi connectivity index (χ1n) is 8.63. The van der Waals surface area contributed by atoms with Crippen molar-refractivity contribution in [3.63, 3.8) is 0 Å². The quantitative estimate of drug-likeness (QED) is 0.530. The fourth-order valence-corrected chi connectivity index (χ4v) is 3.80. The molecule has 0 atom stereocenters. The number of halogens is 1. The number of anilines is 1. The van der Waals surface area contributed by atoms with Gasteiger partial charge in [0.15, 0.2) is 6.61 Å². The van der Waals surface area contributed by atoms with E-state index in [4.69, 9.17) is 16.3 Å². The number of aryl methyl sites for hydroxylation is 1. The molecule has 7 nitrogen and oxygen atoms in total. The third-order valence-corrected chi connectivity index (χ3v) is 5.25. The number of amides is 1. The summed E-state index contributed by atoms with van der Waals surface area (Å²) >= 11 is 7.32. The maximum atomic E-state index is 12.4. The molecule has 0 spiro atoms. The molecule has 146 valence electrons. The van der Waals surface area contributed by atoms with Crippen LogP contribution in [0, 0.1) is 6.92 Å². The maximum Gasteiger partial charge on any atom is 0.291 e. The Balaban J connectivity index is 1.56. The molecule has 0 saturated heterocycles. The van der Waals surface area contributed by atoms with E-state index < -0.39 is 0 Å². The Kier molecular flexibility index (Phi) is 5.28. The molecule has 29 heavy (non-hydrogen) atoms. The van der Waals surface area contributed by atoms with Gasteiger partial charge in [-0.2, -0.15) is 9.61 Å². The molecule has 0 saturated carbocycles. The summed E-state index contributed by atoms with van der Waals surface area (Å²) in [5, 5.41) is 7.17. The number of carbonyl (C=O) groups is 1. The molecule has 4 rings (SSSR count). The van der Waals surface area contributed by atoms with Crippen LogP contribution in [0.2, 0.25) is 5.02 Å². The molecular formula is C20H15ClN4O3S. The van der Waals surface area contributed by atoms with Crippen LogP contribution in [0.25, 0.3) is 11.0 Å². The van der Waals surface area contributed by atoms with Gasteiger partial charge in [-0.15, -0.1) is 0 Å². The lowest BCUT2D eigenvalue weighted by atomic mass is 10.2. The lowest BCUT2D eigenvalue weighted by molar-refractivity contribution is -0.118. The normalized spacial score (nSPS) is 11.7. The van der Waals surface area contributed by atoms with E-state index in [1.165, 1.54) is 22.2 Å². The molecule has 0 fully saturated rings. The highest BCUT2D eigenvalue weighted by Crippen LogP contribution is 2.24. The van der Waals surface area contributed by atoms with Crippen LogP contribution in [0.3, 0.4) is 0 Å². The summed E-state index contributed by atoms with van der Waals surface area (Å²) in [5.74, 6) is 0.145. The summed E-state index contributed by atoms with van der Waals surface area (Å²) in [4.78, 5) is 29.1. The molecule has 0 aliphatic heterocycles. The van der Waals surface area contributed by atoms with Crippen molar-refractivity contribution in [3.8, 4) is 5.75 Å². The number of fused-ring (bicyclic) bond motifs is 1. The summed E-state index contributed by atoms with van der Waals surface area (Å²) in [5.41, 5.74) is 2.06. The third-order valence-electron chi connectivity index (χ3n) is 4.04. The number of hydrogen-bond donors (Lipinski definition) is 1. The molecule has 1 amide bonds. The predicted molar refractivity (Wildman–Crippen MR) is 113 cm³/mol. The van der Waals surface area contributed by atoms with Crippen molar-refractivity contribution in [2.45, 2.75) is 6.92 Å². The zero-order chi connectivity index (χ0) is 20.4. The van der Waals surface area contributed by atoms with Crippen LogP contribution in [0.5, 0.6) is 5.75 Å². The van der Waals surface area contributed by atoms with Crippen LogP contribution in [0.1, 0.15) is 11.1 Å². The van der Waals surface area contributed by atoms with Gasteiger partial charge in [-0.1, -0.05) is 35.1 Å². The topological polar surface area (TPSA) is 85.6 Å². The van der Waals surface area contributed by atoms with Crippen molar-refractivity contribution in [1.82, 2.24) is 14.6 Å². The average molecular weight is 427 g/mol. The lowest BCUT2D eigenvalue weighted by Crippen LogP contribution is -2.24. The second-order valence-electron chi connectivity index (χ2n) is 6.26.